The summed E-state index contributed by atoms with van der Waals surface area (Å²) < 4.78 is 18.6. The van der Waals surface area contributed by atoms with Crippen molar-refractivity contribution in [3.63, 3.8) is 0 Å². The topological polar surface area (TPSA) is 29.5 Å². The van der Waals surface area contributed by atoms with Crippen molar-refractivity contribution in [1.29, 1.82) is 0 Å². The van der Waals surface area contributed by atoms with Gasteiger partial charge in [-0.2, -0.15) is 0 Å². The van der Waals surface area contributed by atoms with Crippen LogP contribution in [0.3, 0.4) is 0 Å². The largest absolute Gasteiger partial charge is 0.490 e. The molecular weight excluding hydrogens is 209 g/mol. The number of halogens is 1. The lowest BCUT2D eigenvalue weighted by atomic mass is 10.2. The van der Waals surface area contributed by atoms with E-state index in [2.05, 4.69) is 0 Å². The zero-order valence-electron chi connectivity index (χ0n) is 9.57. The molecule has 88 valence electrons. The van der Waals surface area contributed by atoms with E-state index in [1.54, 1.807) is 0 Å². The number of aldehydes is 1. The minimum Gasteiger partial charge on any atom is -0.490 e. The Kier molecular flexibility index (Phi) is 4.92. The van der Waals surface area contributed by atoms with Crippen molar-refractivity contribution in [3.05, 3.63) is 29.6 Å². The van der Waals surface area contributed by atoms with Crippen molar-refractivity contribution in [2.24, 2.45) is 0 Å². The van der Waals surface area contributed by atoms with Crippen molar-refractivity contribution in [2.75, 3.05) is 27.2 Å². The molecule has 1 rings (SSSR count). The molecule has 0 aliphatic carbocycles. The van der Waals surface area contributed by atoms with Crippen LogP contribution in [0.5, 0.6) is 5.75 Å². The van der Waals surface area contributed by atoms with Gasteiger partial charge in [0.25, 0.3) is 0 Å². The summed E-state index contributed by atoms with van der Waals surface area (Å²) in [4.78, 5) is 12.7. The lowest BCUT2D eigenvalue weighted by Crippen LogP contribution is -2.16. The summed E-state index contributed by atoms with van der Waals surface area (Å²) in [6, 6.07) is 4.32. The molecule has 3 nitrogen and oxygen atoms in total. The second kappa shape index (κ2) is 6.23. The summed E-state index contributed by atoms with van der Waals surface area (Å²) in [5, 5.41) is 0. The Morgan fingerprint density at radius 3 is 2.81 bits per heavy atom. The van der Waals surface area contributed by atoms with E-state index in [1.165, 1.54) is 18.2 Å². The van der Waals surface area contributed by atoms with Gasteiger partial charge in [0, 0.05) is 6.54 Å². The molecular formula is C12H16FNO2. The molecule has 0 saturated heterocycles. The summed E-state index contributed by atoms with van der Waals surface area (Å²) in [5.41, 5.74) is 0.254. The van der Waals surface area contributed by atoms with E-state index in [-0.39, 0.29) is 11.3 Å². The molecule has 0 aliphatic rings. The number of ether oxygens (including phenoxy) is 1. The summed E-state index contributed by atoms with van der Waals surface area (Å²) >= 11 is 0. The number of benzene rings is 1. The molecule has 1 aromatic rings. The molecule has 0 saturated carbocycles. The zero-order valence-corrected chi connectivity index (χ0v) is 9.57. The van der Waals surface area contributed by atoms with Crippen LogP contribution in [-0.2, 0) is 0 Å². The van der Waals surface area contributed by atoms with Crippen LogP contribution < -0.4 is 4.74 Å². The fraction of sp³-hybridized carbons (Fsp3) is 0.417. The average molecular weight is 225 g/mol. The van der Waals surface area contributed by atoms with Crippen LogP contribution in [0.25, 0.3) is 0 Å². The van der Waals surface area contributed by atoms with Crippen LogP contribution in [0, 0.1) is 5.82 Å². The minimum atomic E-state index is -0.491. The third-order valence-electron chi connectivity index (χ3n) is 2.12. The standard InChI is InChI=1S/C12H16FNO2/c1-14(2)7-4-8-16-12-10(9-15)5-3-6-11(12)13/h3,5-6,9H,4,7-8H2,1-2H3. The summed E-state index contributed by atoms with van der Waals surface area (Å²) in [6.07, 6.45) is 1.39. The van der Waals surface area contributed by atoms with E-state index in [4.69, 9.17) is 4.74 Å². The van der Waals surface area contributed by atoms with E-state index < -0.39 is 5.82 Å². The number of hydrogen-bond acceptors (Lipinski definition) is 3. The molecule has 0 N–H and O–H groups in total. The molecule has 0 atom stereocenters. The summed E-state index contributed by atoms with van der Waals surface area (Å²) in [7, 11) is 3.92. The maximum absolute atomic E-state index is 13.3. The highest BCUT2D eigenvalue weighted by atomic mass is 19.1. The van der Waals surface area contributed by atoms with E-state index >= 15 is 0 Å². The third-order valence-corrected chi connectivity index (χ3v) is 2.12. The number of nitrogens with zero attached hydrogens (tertiary/aromatic N) is 1. The number of carbonyl (C=O) groups excluding carboxylic acids is 1. The average Bonchev–Trinajstić information content (AvgIpc) is 2.25. The zero-order chi connectivity index (χ0) is 12.0. The third kappa shape index (κ3) is 3.62. The highest BCUT2D eigenvalue weighted by Crippen LogP contribution is 2.21. The Labute approximate surface area is 94.8 Å². The molecule has 16 heavy (non-hydrogen) atoms. The number of rotatable bonds is 6. The normalized spacial score (nSPS) is 10.5. The Bertz CT molecular complexity index is 353. The molecule has 4 heteroatoms. The van der Waals surface area contributed by atoms with E-state index in [0.717, 1.165) is 13.0 Å². The molecule has 0 unspecified atom stereocenters. The van der Waals surface area contributed by atoms with Crippen LogP contribution in [0.2, 0.25) is 0 Å². The van der Waals surface area contributed by atoms with Crippen molar-refractivity contribution >= 4 is 6.29 Å². The highest BCUT2D eigenvalue weighted by Gasteiger charge is 2.08. The van der Waals surface area contributed by atoms with E-state index in [9.17, 15) is 9.18 Å². The van der Waals surface area contributed by atoms with Crippen LogP contribution in [0.15, 0.2) is 18.2 Å². The lowest BCUT2D eigenvalue weighted by Gasteiger charge is -2.11. The van der Waals surface area contributed by atoms with Gasteiger partial charge in [-0.05, 0) is 32.6 Å². The fourth-order valence-electron chi connectivity index (χ4n) is 1.33. The lowest BCUT2D eigenvalue weighted by molar-refractivity contribution is 0.111. The summed E-state index contributed by atoms with van der Waals surface area (Å²) in [6.45, 7) is 1.27. The fourth-order valence-corrected chi connectivity index (χ4v) is 1.33. The van der Waals surface area contributed by atoms with Gasteiger partial charge in [-0.15, -0.1) is 0 Å². The van der Waals surface area contributed by atoms with Crippen LogP contribution >= 0.6 is 0 Å². The van der Waals surface area contributed by atoms with E-state index in [1.807, 2.05) is 19.0 Å². The molecule has 0 heterocycles. The van der Waals surface area contributed by atoms with Crippen LogP contribution in [-0.4, -0.2) is 38.4 Å². The molecule has 1 aromatic carbocycles. The highest BCUT2D eigenvalue weighted by molar-refractivity contribution is 5.79. The quantitative estimate of drug-likeness (QED) is 0.547. The molecule has 0 aliphatic heterocycles. The number of hydrogen-bond donors (Lipinski definition) is 0. The van der Waals surface area contributed by atoms with Gasteiger partial charge in [-0.3, -0.25) is 4.79 Å². The maximum Gasteiger partial charge on any atom is 0.165 e. The van der Waals surface area contributed by atoms with Gasteiger partial charge in [0.2, 0.25) is 0 Å². The number of carbonyl (C=O) groups is 1. The first-order chi connectivity index (χ1) is 7.65. The first kappa shape index (κ1) is 12.6. The smallest absolute Gasteiger partial charge is 0.165 e. The van der Waals surface area contributed by atoms with Crippen LogP contribution in [0.1, 0.15) is 16.8 Å². The SMILES string of the molecule is CN(C)CCCOc1c(F)cccc1C=O. The maximum atomic E-state index is 13.3. The molecule has 0 aromatic heterocycles. The predicted molar refractivity (Wildman–Crippen MR) is 60.5 cm³/mol. The molecule has 0 bridgehead atoms. The predicted octanol–water partition coefficient (Wildman–Crippen LogP) is 1.97. The van der Waals surface area contributed by atoms with Crippen molar-refractivity contribution in [2.45, 2.75) is 6.42 Å². The Morgan fingerprint density at radius 1 is 1.44 bits per heavy atom. The Hall–Kier alpha value is -1.42. The van der Waals surface area contributed by atoms with Crippen molar-refractivity contribution in [3.8, 4) is 5.75 Å². The summed E-state index contributed by atoms with van der Waals surface area (Å²) in [5.74, 6) is -0.439. The first-order valence-electron chi connectivity index (χ1n) is 5.16. The molecule has 0 fully saturated rings. The number of para-hydroxylation sites is 1. The second-order valence-corrected chi connectivity index (χ2v) is 3.78. The minimum absolute atomic E-state index is 0.0521. The molecule has 0 spiro atoms. The van der Waals surface area contributed by atoms with Gasteiger partial charge in [0.15, 0.2) is 17.9 Å². The second-order valence-electron chi connectivity index (χ2n) is 3.78. The monoisotopic (exact) mass is 225 g/mol. The Morgan fingerprint density at radius 2 is 2.19 bits per heavy atom. The van der Waals surface area contributed by atoms with Gasteiger partial charge in [-0.1, -0.05) is 6.07 Å². The Balaban J connectivity index is 2.55. The van der Waals surface area contributed by atoms with Crippen molar-refractivity contribution in [1.82, 2.24) is 4.90 Å². The van der Waals surface area contributed by atoms with Crippen LogP contribution in [0.4, 0.5) is 4.39 Å². The van der Waals surface area contributed by atoms with Gasteiger partial charge >= 0.3 is 0 Å². The van der Waals surface area contributed by atoms with Gasteiger partial charge in [-0.25, -0.2) is 4.39 Å². The van der Waals surface area contributed by atoms with E-state index in [0.29, 0.717) is 12.9 Å². The van der Waals surface area contributed by atoms with Crippen molar-refractivity contribution < 1.29 is 13.9 Å². The van der Waals surface area contributed by atoms with Gasteiger partial charge in [0.05, 0.1) is 12.2 Å². The molecule has 0 amide bonds. The van der Waals surface area contributed by atoms with Gasteiger partial charge in [0.1, 0.15) is 0 Å². The van der Waals surface area contributed by atoms with Gasteiger partial charge < -0.3 is 9.64 Å². The molecule has 0 radical (unpaired) electrons. The first-order valence-corrected chi connectivity index (χ1v) is 5.16.